The summed E-state index contributed by atoms with van der Waals surface area (Å²) in [6.07, 6.45) is 1.42. The van der Waals surface area contributed by atoms with Crippen LogP contribution in [0.25, 0.3) is 0 Å². The second-order valence-electron chi connectivity index (χ2n) is 7.94. The zero-order chi connectivity index (χ0) is 24.2. The topological polar surface area (TPSA) is 163 Å². The zero-order valence-electron chi connectivity index (χ0n) is 18.8. The molecule has 12 nitrogen and oxygen atoms in total. The van der Waals surface area contributed by atoms with Gasteiger partial charge in [0.2, 0.25) is 11.6 Å². The van der Waals surface area contributed by atoms with Crippen molar-refractivity contribution in [3.63, 3.8) is 0 Å². The first kappa shape index (κ1) is 24.8. The molecule has 34 heavy (non-hydrogen) atoms. The van der Waals surface area contributed by atoms with Crippen molar-refractivity contribution in [2.75, 3.05) is 19.6 Å². The van der Waals surface area contributed by atoms with E-state index >= 15 is 0 Å². The molecule has 0 saturated heterocycles. The lowest BCUT2D eigenvalue weighted by Crippen LogP contribution is -2.65. The van der Waals surface area contributed by atoms with Crippen molar-refractivity contribution in [2.45, 2.75) is 50.5 Å². The average molecular weight is 475 g/mol. The van der Waals surface area contributed by atoms with E-state index in [0.717, 1.165) is 12.1 Å². The second-order valence-corrected chi connectivity index (χ2v) is 7.94. The first-order chi connectivity index (χ1) is 16.5. The average Bonchev–Trinajstić information content (AvgIpc) is 3.52. The number of carboxylic acids is 1. The summed E-state index contributed by atoms with van der Waals surface area (Å²) in [5.41, 5.74) is -1.29. The molecule has 2 aliphatic heterocycles. The number of rotatable bonds is 12. The smallest absolute Gasteiger partial charge is 0.409 e. The highest BCUT2D eigenvalue weighted by molar-refractivity contribution is 5.90. The number of hydrogen-bond acceptors (Lipinski definition) is 9. The number of benzene rings is 1. The fraction of sp³-hybridized carbons (Fsp3) is 0.500. The predicted octanol–water partition coefficient (Wildman–Crippen LogP) is 0.694. The summed E-state index contributed by atoms with van der Waals surface area (Å²) in [4.78, 5) is 46.7. The number of aliphatic carboxylic acids is 1. The van der Waals surface area contributed by atoms with Gasteiger partial charge in [-0.15, -0.1) is 0 Å². The van der Waals surface area contributed by atoms with Crippen LogP contribution in [0.3, 0.4) is 0 Å². The molecule has 0 spiro atoms. The second kappa shape index (κ2) is 12.4. The van der Waals surface area contributed by atoms with E-state index in [9.17, 15) is 19.5 Å². The molecule has 2 heterocycles. The lowest BCUT2D eigenvalue weighted by atomic mass is 10.0. The Morgan fingerprint density at radius 1 is 1.21 bits per heavy atom. The molecule has 2 atom stereocenters. The van der Waals surface area contributed by atoms with Crippen molar-refractivity contribution >= 4 is 30.1 Å². The summed E-state index contributed by atoms with van der Waals surface area (Å²) in [6.45, 7) is 2.01. The number of aliphatic imine (C=N–C) groups is 1. The molecule has 0 aromatic heterocycles. The van der Waals surface area contributed by atoms with Gasteiger partial charge in [0.05, 0.1) is 13.0 Å². The molecule has 0 saturated carbocycles. The summed E-state index contributed by atoms with van der Waals surface area (Å²) in [5, 5.41) is 24.7. The third-order valence-corrected chi connectivity index (χ3v) is 5.26. The van der Waals surface area contributed by atoms with Crippen molar-refractivity contribution in [3.05, 3.63) is 35.9 Å². The highest BCUT2D eigenvalue weighted by atomic mass is 16.6. The van der Waals surface area contributed by atoms with Crippen molar-refractivity contribution in [2.24, 2.45) is 10.1 Å². The van der Waals surface area contributed by atoms with Crippen LogP contribution < -0.4 is 21.3 Å². The Bertz CT molecular complexity index is 900. The first-order valence-corrected chi connectivity index (χ1v) is 11.2. The van der Waals surface area contributed by atoms with Gasteiger partial charge in [0.25, 0.3) is 0 Å². The minimum atomic E-state index is -2.03. The molecule has 5 N–H and O–H groups in total. The molecule has 12 heteroatoms. The number of carbonyl (C=O) groups is 3. The first-order valence-electron chi connectivity index (χ1n) is 11.2. The molecule has 2 unspecified atom stereocenters. The molecule has 2 aliphatic rings. The van der Waals surface area contributed by atoms with Gasteiger partial charge in [0.1, 0.15) is 12.7 Å². The fourth-order valence-electron chi connectivity index (χ4n) is 3.49. The van der Waals surface area contributed by atoms with Gasteiger partial charge in [-0.05, 0) is 18.4 Å². The molecular weight excluding hydrogens is 444 g/mol. The highest BCUT2D eigenvalue weighted by Crippen LogP contribution is 2.16. The quantitative estimate of drug-likeness (QED) is 0.218. The largest absolute Gasteiger partial charge is 0.478 e. The van der Waals surface area contributed by atoms with Gasteiger partial charge in [-0.3, -0.25) is 15.1 Å². The number of oxime groups is 1. The maximum Gasteiger partial charge on any atom is 0.409 e. The summed E-state index contributed by atoms with van der Waals surface area (Å²) in [5.74, 6) is -1.26. The van der Waals surface area contributed by atoms with E-state index in [2.05, 4.69) is 31.4 Å². The zero-order valence-corrected chi connectivity index (χ0v) is 18.8. The molecule has 2 amide bonds. The van der Waals surface area contributed by atoms with E-state index in [0.29, 0.717) is 38.3 Å². The number of amides is 2. The molecule has 0 fully saturated rings. The maximum absolute atomic E-state index is 12.6. The predicted molar refractivity (Wildman–Crippen MR) is 123 cm³/mol. The SMILES string of the molecule is O=C(CC1CC=NO1)NC(CCCCNC1=NCCN1)(NC(=O)OCc1ccccc1)C(=O)O. The van der Waals surface area contributed by atoms with Gasteiger partial charge in [-0.1, -0.05) is 35.5 Å². The van der Waals surface area contributed by atoms with Gasteiger partial charge in [-0.25, -0.2) is 9.59 Å². The molecule has 1 aromatic rings. The Labute approximate surface area is 197 Å². The van der Waals surface area contributed by atoms with Crippen LogP contribution in [0.4, 0.5) is 4.79 Å². The summed E-state index contributed by atoms with van der Waals surface area (Å²) in [6, 6.07) is 8.99. The van der Waals surface area contributed by atoms with Crippen LogP contribution >= 0.6 is 0 Å². The van der Waals surface area contributed by atoms with Crippen LogP contribution in [-0.4, -0.2) is 66.7 Å². The van der Waals surface area contributed by atoms with E-state index < -0.39 is 29.7 Å². The van der Waals surface area contributed by atoms with Crippen molar-refractivity contribution < 1.29 is 29.1 Å². The van der Waals surface area contributed by atoms with Crippen LogP contribution in [0.15, 0.2) is 40.5 Å². The summed E-state index contributed by atoms with van der Waals surface area (Å²) < 4.78 is 5.20. The number of nitrogens with zero attached hydrogens (tertiary/aromatic N) is 2. The number of alkyl carbamates (subject to hydrolysis) is 1. The van der Waals surface area contributed by atoms with Gasteiger partial charge >= 0.3 is 12.1 Å². The van der Waals surface area contributed by atoms with Gasteiger partial charge in [-0.2, -0.15) is 0 Å². The molecule has 3 rings (SSSR count). The van der Waals surface area contributed by atoms with Gasteiger partial charge in [0.15, 0.2) is 5.96 Å². The Hall–Kier alpha value is -3.83. The van der Waals surface area contributed by atoms with Crippen LogP contribution in [0, 0.1) is 0 Å². The van der Waals surface area contributed by atoms with Crippen LogP contribution in [0.1, 0.15) is 37.7 Å². The Morgan fingerprint density at radius 2 is 2.03 bits per heavy atom. The van der Waals surface area contributed by atoms with Crippen molar-refractivity contribution in [1.82, 2.24) is 21.3 Å². The van der Waals surface area contributed by atoms with Crippen LogP contribution in [0.2, 0.25) is 0 Å². The Balaban J connectivity index is 1.59. The van der Waals surface area contributed by atoms with E-state index in [1.54, 1.807) is 24.3 Å². The minimum absolute atomic E-state index is 0.0391. The van der Waals surface area contributed by atoms with E-state index in [4.69, 9.17) is 9.57 Å². The molecule has 0 bridgehead atoms. The normalized spacial score (nSPS) is 18.1. The Kier molecular flexibility index (Phi) is 9.06. The van der Waals surface area contributed by atoms with E-state index in [1.807, 2.05) is 6.07 Å². The van der Waals surface area contributed by atoms with Gasteiger partial charge < -0.3 is 30.6 Å². The summed E-state index contributed by atoms with van der Waals surface area (Å²) in [7, 11) is 0. The lowest BCUT2D eigenvalue weighted by Gasteiger charge is -2.31. The third-order valence-electron chi connectivity index (χ3n) is 5.26. The third kappa shape index (κ3) is 7.64. The number of hydrogen-bond donors (Lipinski definition) is 5. The van der Waals surface area contributed by atoms with Gasteiger partial charge in [0, 0.05) is 32.1 Å². The number of guanidine groups is 1. The van der Waals surface area contributed by atoms with E-state index in [-0.39, 0.29) is 19.4 Å². The van der Waals surface area contributed by atoms with Crippen molar-refractivity contribution in [3.8, 4) is 0 Å². The molecule has 0 radical (unpaired) electrons. The Morgan fingerprint density at radius 3 is 2.71 bits per heavy atom. The van der Waals surface area contributed by atoms with E-state index in [1.165, 1.54) is 6.21 Å². The molecule has 184 valence electrons. The minimum Gasteiger partial charge on any atom is -0.478 e. The lowest BCUT2D eigenvalue weighted by molar-refractivity contribution is -0.150. The monoisotopic (exact) mass is 474 g/mol. The number of carbonyl (C=O) groups excluding carboxylic acids is 2. The number of nitrogens with one attached hydrogen (secondary N) is 4. The molecule has 0 aliphatic carbocycles. The standard InChI is InChI=1S/C22H30N6O6/c29-18(14-17-8-11-26-34-17)27-22(19(30)31,9-4-5-10-23-20-24-12-13-25-20)28-21(32)33-15-16-6-2-1-3-7-16/h1-3,6-7,11,17H,4-5,8-10,12-15H2,(H,27,29)(H,28,32)(H,30,31)(H2,23,24,25). The molecular formula is C22H30N6O6. The van der Waals surface area contributed by atoms with Crippen molar-refractivity contribution in [1.29, 1.82) is 0 Å². The number of unbranched alkanes of at least 4 members (excludes halogenated alkanes) is 1. The maximum atomic E-state index is 12.6. The summed E-state index contributed by atoms with van der Waals surface area (Å²) >= 11 is 0. The number of ether oxygens (including phenoxy) is 1. The number of carboxylic acid groups (broad SMARTS) is 1. The fourth-order valence-corrected chi connectivity index (χ4v) is 3.49. The van der Waals surface area contributed by atoms with Crippen LogP contribution in [0.5, 0.6) is 0 Å². The highest BCUT2D eigenvalue weighted by Gasteiger charge is 2.42. The molecule has 1 aromatic carbocycles. The van der Waals surface area contributed by atoms with Crippen LogP contribution in [-0.2, 0) is 25.8 Å².